The van der Waals surface area contributed by atoms with Crippen LogP contribution in [-0.2, 0) is 13.1 Å². The molecule has 112 valence electrons. The zero-order valence-corrected chi connectivity index (χ0v) is 13.0. The highest BCUT2D eigenvalue weighted by Crippen LogP contribution is 2.19. The van der Waals surface area contributed by atoms with Crippen molar-refractivity contribution < 1.29 is 4.74 Å². The molecule has 1 fully saturated rings. The van der Waals surface area contributed by atoms with Gasteiger partial charge >= 0.3 is 0 Å². The molecular formula is C15H20N4OS. The number of thioether (sulfide) groups is 1. The average molecular weight is 304 g/mol. The van der Waals surface area contributed by atoms with E-state index >= 15 is 0 Å². The van der Waals surface area contributed by atoms with E-state index < -0.39 is 0 Å². The Morgan fingerprint density at radius 3 is 2.86 bits per heavy atom. The summed E-state index contributed by atoms with van der Waals surface area (Å²) in [6, 6.07) is 8.83. The highest BCUT2D eigenvalue weighted by atomic mass is 32.2. The van der Waals surface area contributed by atoms with E-state index in [1.807, 2.05) is 23.0 Å². The van der Waals surface area contributed by atoms with Gasteiger partial charge in [-0.15, -0.1) is 16.9 Å². The van der Waals surface area contributed by atoms with Crippen LogP contribution in [-0.4, -0.2) is 33.9 Å². The Morgan fingerprint density at radius 1 is 1.33 bits per heavy atom. The van der Waals surface area contributed by atoms with Gasteiger partial charge in [-0.25, -0.2) is 4.68 Å². The molecule has 0 aliphatic heterocycles. The molecule has 21 heavy (non-hydrogen) atoms. The summed E-state index contributed by atoms with van der Waals surface area (Å²) in [5.74, 6) is 0.892. The number of nitrogens with zero attached hydrogens (tertiary/aromatic N) is 3. The van der Waals surface area contributed by atoms with Gasteiger partial charge in [-0.05, 0) is 43.4 Å². The summed E-state index contributed by atoms with van der Waals surface area (Å²) >= 11 is 1.73. The van der Waals surface area contributed by atoms with E-state index in [1.165, 1.54) is 17.7 Å². The molecule has 1 aliphatic carbocycles. The number of nitrogens with one attached hydrogen (secondary N) is 1. The van der Waals surface area contributed by atoms with Gasteiger partial charge in [0.05, 0.1) is 12.2 Å². The first-order chi connectivity index (χ1) is 10.3. The molecule has 6 heteroatoms. The molecule has 0 spiro atoms. The van der Waals surface area contributed by atoms with Crippen LogP contribution in [0.15, 0.2) is 35.4 Å². The van der Waals surface area contributed by atoms with E-state index in [-0.39, 0.29) is 0 Å². The fraction of sp³-hybridized carbons (Fsp3) is 0.467. The minimum Gasteiger partial charge on any atom is -0.492 e. The van der Waals surface area contributed by atoms with Crippen molar-refractivity contribution in [3.05, 3.63) is 36.2 Å². The van der Waals surface area contributed by atoms with Crippen LogP contribution >= 0.6 is 11.8 Å². The Morgan fingerprint density at radius 2 is 2.14 bits per heavy atom. The maximum atomic E-state index is 5.71. The summed E-state index contributed by atoms with van der Waals surface area (Å²) in [5.41, 5.74) is 0.992. The largest absolute Gasteiger partial charge is 0.492 e. The van der Waals surface area contributed by atoms with Gasteiger partial charge in [0.25, 0.3) is 0 Å². The van der Waals surface area contributed by atoms with Crippen LogP contribution in [0, 0.1) is 0 Å². The highest BCUT2D eigenvalue weighted by Gasteiger charge is 2.20. The van der Waals surface area contributed by atoms with Crippen molar-refractivity contribution in [2.75, 3.05) is 12.9 Å². The number of ether oxygens (including phenoxy) is 1. The quantitative estimate of drug-likeness (QED) is 0.759. The molecule has 1 heterocycles. The fourth-order valence-electron chi connectivity index (χ4n) is 1.99. The molecule has 2 aromatic rings. The number of benzene rings is 1. The van der Waals surface area contributed by atoms with E-state index in [1.54, 1.807) is 11.8 Å². The molecule has 1 N–H and O–H groups in total. The van der Waals surface area contributed by atoms with Crippen LogP contribution in [0.1, 0.15) is 18.5 Å². The molecule has 0 unspecified atom stereocenters. The minimum atomic E-state index is 0.595. The van der Waals surface area contributed by atoms with Crippen molar-refractivity contribution in [2.24, 2.45) is 0 Å². The predicted molar refractivity (Wildman–Crippen MR) is 83.6 cm³/mol. The number of hydrogen-bond donors (Lipinski definition) is 1. The van der Waals surface area contributed by atoms with Gasteiger partial charge in [0, 0.05) is 23.7 Å². The maximum Gasteiger partial charge on any atom is 0.119 e. The summed E-state index contributed by atoms with van der Waals surface area (Å²) in [4.78, 5) is 1.24. The van der Waals surface area contributed by atoms with Gasteiger partial charge in [0.1, 0.15) is 12.4 Å². The molecule has 1 aliphatic rings. The summed E-state index contributed by atoms with van der Waals surface area (Å²) in [5, 5.41) is 11.7. The van der Waals surface area contributed by atoms with Crippen LogP contribution in [0.3, 0.4) is 0 Å². The smallest absolute Gasteiger partial charge is 0.119 e. The zero-order valence-electron chi connectivity index (χ0n) is 12.2. The summed E-state index contributed by atoms with van der Waals surface area (Å²) in [7, 11) is 0. The summed E-state index contributed by atoms with van der Waals surface area (Å²) in [6.07, 6.45) is 6.63. The van der Waals surface area contributed by atoms with E-state index in [4.69, 9.17) is 4.74 Å². The van der Waals surface area contributed by atoms with E-state index in [2.05, 4.69) is 34.0 Å². The third-order valence-corrected chi connectivity index (χ3v) is 4.13. The summed E-state index contributed by atoms with van der Waals surface area (Å²) in [6.45, 7) is 2.11. The van der Waals surface area contributed by atoms with Crippen molar-refractivity contribution in [3.63, 3.8) is 0 Å². The second-order valence-corrected chi connectivity index (χ2v) is 6.03. The SMILES string of the molecule is CSc1ccc(OCCn2cc(CNC3CC3)nn2)cc1. The first-order valence-electron chi connectivity index (χ1n) is 7.23. The van der Waals surface area contributed by atoms with Crippen LogP contribution in [0.25, 0.3) is 0 Å². The van der Waals surface area contributed by atoms with Gasteiger partial charge in [0.2, 0.25) is 0 Å². The van der Waals surface area contributed by atoms with Gasteiger partial charge in [-0.1, -0.05) is 5.21 Å². The Bertz CT molecular complexity index is 565. The van der Waals surface area contributed by atoms with Crippen LogP contribution < -0.4 is 10.1 Å². The van der Waals surface area contributed by atoms with Gasteiger partial charge in [0.15, 0.2) is 0 Å². The third kappa shape index (κ3) is 4.47. The molecule has 5 nitrogen and oxygen atoms in total. The van der Waals surface area contributed by atoms with Gasteiger partial charge in [-0.2, -0.15) is 0 Å². The molecule has 1 saturated carbocycles. The lowest BCUT2D eigenvalue weighted by Crippen LogP contribution is -2.15. The molecule has 3 rings (SSSR count). The van der Waals surface area contributed by atoms with E-state index in [9.17, 15) is 0 Å². The van der Waals surface area contributed by atoms with E-state index in [0.29, 0.717) is 19.2 Å². The normalized spacial score (nSPS) is 14.3. The highest BCUT2D eigenvalue weighted by molar-refractivity contribution is 7.98. The molecule has 0 saturated heterocycles. The van der Waals surface area contributed by atoms with E-state index in [0.717, 1.165) is 18.0 Å². The monoisotopic (exact) mass is 304 g/mol. The Labute approximate surface area is 129 Å². The fourth-order valence-corrected chi connectivity index (χ4v) is 2.40. The molecule has 1 aromatic heterocycles. The van der Waals surface area contributed by atoms with Crippen molar-refractivity contribution in [1.29, 1.82) is 0 Å². The Balaban J connectivity index is 1.41. The van der Waals surface area contributed by atoms with Crippen LogP contribution in [0.5, 0.6) is 5.75 Å². The average Bonchev–Trinajstić information content (AvgIpc) is 3.25. The number of hydrogen-bond acceptors (Lipinski definition) is 5. The topological polar surface area (TPSA) is 52.0 Å². The number of aromatic nitrogens is 3. The lowest BCUT2D eigenvalue weighted by Gasteiger charge is -2.06. The molecule has 1 aromatic carbocycles. The Kier molecular flexibility index (Phi) is 4.77. The van der Waals surface area contributed by atoms with Crippen molar-refractivity contribution >= 4 is 11.8 Å². The standard InChI is InChI=1S/C15H20N4OS/c1-21-15-6-4-14(5-7-15)20-9-8-19-11-13(17-18-19)10-16-12-2-3-12/h4-7,11-12,16H,2-3,8-10H2,1H3. The molecule has 0 amide bonds. The number of rotatable bonds is 8. The van der Waals surface area contributed by atoms with Crippen molar-refractivity contribution in [3.8, 4) is 5.75 Å². The molecular weight excluding hydrogens is 284 g/mol. The predicted octanol–water partition coefficient (Wildman–Crippen LogP) is 2.33. The van der Waals surface area contributed by atoms with Crippen LogP contribution in [0.2, 0.25) is 0 Å². The lowest BCUT2D eigenvalue weighted by atomic mass is 10.3. The summed E-state index contributed by atoms with van der Waals surface area (Å²) < 4.78 is 7.55. The minimum absolute atomic E-state index is 0.595. The zero-order chi connectivity index (χ0) is 14.5. The lowest BCUT2D eigenvalue weighted by molar-refractivity contribution is 0.289. The second kappa shape index (κ2) is 6.95. The first kappa shape index (κ1) is 14.4. The van der Waals surface area contributed by atoms with Gasteiger partial charge < -0.3 is 10.1 Å². The van der Waals surface area contributed by atoms with Gasteiger partial charge in [-0.3, -0.25) is 0 Å². The Hall–Kier alpha value is -1.53. The third-order valence-electron chi connectivity index (χ3n) is 3.38. The maximum absolute atomic E-state index is 5.71. The molecule has 0 bridgehead atoms. The first-order valence-corrected chi connectivity index (χ1v) is 8.45. The van der Waals surface area contributed by atoms with Crippen molar-refractivity contribution in [2.45, 2.75) is 36.9 Å². The van der Waals surface area contributed by atoms with Crippen LogP contribution in [0.4, 0.5) is 0 Å². The van der Waals surface area contributed by atoms with Crippen molar-refractivity contribution in [1.82, 2.24) is 20.3 Å². The second-order valence-electron chi connectivity index (χ2n) is 5.15. The molecule has 0 radical (unpaired) electrons. The molecule has 0 atom stereocenters.